The molecule has 3 aromatic rings. The lowest BCUT2D eigenvalue weighted by molar-refractivity contribution is 1.17. The molecule has 2 nitrogen and oxygen atoms in total. The summed E-state index contributed by atoms with van der Waals surface area (Å²) in [4.78, 5) is 7.35. The first-order chi connectivity index (χ1) is 11.4. The van der Waals surface area contributed by atoms with Gasteiger partial charge in [-0.2, -0.15) is 0 Å². The Balaban J connectivity index is 0.000000184. The second kappa shape index (κ2) is 11.8. The highest BCUT2D eigenvalue weighted by atomic mass is 35.5. The fourth-order valence-corrected chi connectivity index (χ4v) is 2.26. The van der Waals surface area contributed by atoms with Crippen molar-refractivity contribution in [1.82, 2.24) is 9.97 Å². The first-order valence-electron chi connectivity index (χ1n) is 6.32. The third-order valence-electron chi connectivity index (χ3n) is 2.29. The Hall–Kier alpha value is -0.740. The predicted octanol–water partition coefficient (Wildman–Crippen LogP) is 7.77. The summed E-state index contributed by atoms with van der Waals surface area (Å²) >= 11 is 33.6. The lowest BCUT2D eigenvalue weighted by Gasteiger charge is -1.94. The molecule has 0 spiro atoms. The van der Waals surface area contributed by atoms with Gasteiger partial charge in [0.15, 0.2) is 0 Å². The van der Waals surface area contributed by atoms with Crippen LogP contribution >= 0.6 is 69.6 Å². The van der Waals surface area contributed by atoms with Crippen LogP contribution in [-0.2, 0) is 0 Å². The third kappa shape index (κ3) is 7.89. The molecular weight excluding hydrogens is 433 g/mol. The van der Waals surface area contributed by atoms with Gasteiger partial charge < -0.3 is 0 Å². The molecule has 0 saturated heterocycles. The molecule has 0 aliphatic carbocycles. The van der Waals surface area contributed by atoms with E-state index in [2.05, 4.69) is 9.97 Å². The van der Waals surface area contributed by atoms with E-state index in [4.69, 9.17) is 69.6 Å². The monoisotopic (exact) mass is 440 g/mol. The zero-order valence-corrected chi connectivity index (χ0v) is 16.5. The summed E-state index contributed by atoms with van der Waals surface area (Å²) < 4.78 is 0. The Kier molecular flexibility index (Phi) is 10.4. The molecule has 0 unspecified atom stereocenters. The summed E-state index contributed by atoms with van der Waals surface area (Å²) in [6.07, 6.45) is 4.88. The molecule has 126 valence electrons. The van der Waals surface area contributed by atoms with Crippen LogP contribution in [0.4, 0.5) is 0 Å². The van der Waals surface area contributed by atoms with Crippen LogP contribution in [0.2, 0.25) is 30.1 Å². The number of rotatable bonds is 0. The number of benzene rings is 2. The van der Waals surface area contributed by atoms with Gasteiger partial charge in [-0.15, -0.1) is 0 Å². The SMILES string of the molecule is Clc1cccc(Cl)c1Cl.Clc1cccc(Cl)c1Cl.c1cncnc1. The minimum Gasteiger partial charge on any atom is -0.245 e. The predicted molar refractivity (Wildman–Crippen MR) is 105 cm³/mol. The van der Waals surface area contributed by atoms with Crippen molar-refractivity contribution in [3.63, 3.8) is 0 Å². The fraction of sp³-hybridized carbons (Fsp3) is 0. The topological polar surface area (TPSA) is 25.8 Å². The molecule has 0 fully saturated rings. The van der Waals surface area contributed by atoms with E-state index in [0.29, 0.717) is 30.1 Å². The molecule has 0 radical (unpaired) electrons. The maximum atomic E-state index is 5.61. The molecule has 1 heterocycles. The van der Waals surface area contributed by atoms with Crippen molar-refractivity contribution in [3.05, 3.63) is 91.3 Å². The first kappa shape index (κ1) is 21.3. The summed E-state index contributed by atoms with van der Waals surface area (Å²) in [6.45, 7) is 0. The van der Waals surface area contributed by atoms with Crippen molar-refractivity contribution in [3.8, 4) is 0 Å². The van der Waals surface area contributed by atoms with Gasteiger partial charge in [-0.3, -0.25) is 0 Å². The van der Waals surface area contributed by atoms with Gasteiger partial charge in [-0.05, 0) is 30.3 Å². The van der Waals surface area contributed by atoms with Crippen molar-refractivity contribution in [1.29, 1.82) is 0 Å². The molecule has 1 aromatic heterocycles. The Morgan fingerprint density at radius 2 is 0.833 bits per heavy atom. The Morgan fingerprint density at radius 1 is 0.500 bits per heavy atom. The van der Waals surface area contributed by atoms with Gasteiger partial charge >= 0.3 is 0 Å². The summed E-state index contributed by atoms with van der Waals surface area (Å²) in [5.41, 5.74) is 0. The molecule has 0 aliphatic rings. The van der Waals surface area contributed by atoms with Gasteiger partial charge in [0.1, 0.15) is 6.33 Å². The van der Waals surface area contributed by atoms with Crippen molar-refractivity contribution in [2.75, 3.05) is 0 Å². The van der Waals surface area contributed by atoms with Gasteiger partial charge in [-0.1, -0.05) is 81.7 Å². The van der Waals surface area contributed by atoms with Crippen LogP contribution in [0.15, 0.2) is 61.2 Å². The van der Waals surface area contributed by atoms with Crippen LogP contribution in [0.25, 0.3) is 0 Å². The molecule has 24 heavy (non-hydrogen) atoms. The van der Waals surface area contributed by atoms with Crippen LogP contribution in [0, 0.1) is 0 Å². The molecule has 0 atom stereocenters. The second-order valence-corrected chi connectivity index (χ2v) is 6.36. The molecule has 0 aliphatic heterocycles. The molecule has 0 N–H and O–H groups in total. The average Bonchev–Trinajstić information content (AvgIpc) is 2.60. The molecule has 0 amide bonds. The highest BCUT2D eigenvalue weighted by Crippen LogP contribution is 2.29. The minimum absolute atomic E-state index is 0.417. The smallest absolute Gasteiger partial charge is 0.115 e. The Morgan fingerprint density at radius 3 is 1.00 bits per heavy atom. The highest BCUT2D eigenvalue weighted by Gasteiger charge is 1.99. The largest absolute Gasteiger partial charge is 0.245 e. The van der Waals surface area contributed by atoms with Crippen LogP contribution in [-0.4, -0.2) is 9.97 Å². The zero-order chi connectivity index (χ0) is 17.9. The van der Waals surface area contributed by atoms with E-state index < -0.39 is 0 Å². The molecule has 3 rings (SSSR count). The number of nitrogens with zero attached hydrogens (tertiary/aromatic N) is 2. The maximum absolute atomic E-state index is 5.61. The van der Waals surface area contributed by atoms with Crippen LogP contribution in [0.5, 0.6) is 0 Å². The van der Waals surface area contributed by atoms with Gasteiger partial charge in [0.2, 0.25) is 0 Å². The quantitative estimate of drug-likeness (QED) is 0.332. The number of aromatic nitrogens is 2. The molecular formula is C16H10Cl6N2. The van der Waals surface area contributed by atoms with E-state index in [1.54, 1.807) is 54.9 Å². The summed E-state index contributed by atoms with van der Waals surface area (Å²) in [5.74, 6) is 0. The van der Waals surface area contributed by atoms with Gasteiger partial charge in [-0.25, -0.2) is 9.97 Å². The standard InChI is InChI=1S/2C6H3Cl3.C4H4N2/c2*7-4-2-1-3-5(8)6(4)9;1-2-5-4-6-3-1/h2*1-3H;1-4H. The lowest BCUT2D eigenvalue weighted by Crippen LogP contribution is -1.67. The van der Waals surface area contributed by atoms with Crippen molar-refractivity contribution < 1.29 is 0 Å². The van der Waals surface area contributed by atoms with Crippen LogP contribution in [0.1, 0.15) is 0 Å². The van der Waals surface area contributed by atoms with Gasteiger partial charge in [0.25, 0.3) is 0 Å². The molecule has 0 bridgehead atoms. The van der Waals surface area contributed by atoms with E-state index in [1.807, 2.05) is 0 Å². The van der Waals surface area contributed by atoms with Crippen LogP contribution < -0.4 is 0 Å². The molecule has 2 aromatic carbocycles. The van der Waals surface area contributed by atoms with E-state index in [0.717, 1.165) is 0 Å². The molecule has 8 heteroatoms. The highest BCUT2D eigenvalue weighted by molar-refractivity contribution is 6.48. The average molecular weight is 443 g/mol. The maximum Gasteiger partial charge on any atom is 0.115 e. The number of halogens is 6. The lowest BCUT2D eigenvalue weighted by atomic mass is 10.4. The first-order valence-corrected chi connectivity index (χ1v) is 8.59. The summed E-state index contributed by atoms with van der Waals surface area (Å²) in [5, 5.41) is 2.79. The zero-order valence-electron chi connectivity index (χ0n) is 11.9. The number of hydrogen-bond donors (Lipinski definition) is 0. The van der Waals surface area contributed by atoms with E-state index in [9.17, 15) is 0 Å². The Labute approximate surface area is 170 Å². The van der Waals surface area contributed by atoms with Gasteiger partial charge in [0, 0.05) is 12.4 Å². The summed E-state index contributed by atoms with van der Waals surface area (Å²) in [7, 11) is 0. The normalized spacial score (nSPS) is 9.25. The second-order valence-electron chi connectivity index (χ2n) is 3.98. The Bertz CT molecular complexity index is 636. The number of hydrogen-bond acceptors (Lipinski definition) is 2. The molecule has 0 saturated carbocycles. The van der Waals surface area contributed by atoms with Crippen LogP contribution in [0.3, 0.4) is 0 Å². The van der Waals surface area contributed by atoms with Gasteiger partial charge in [0.05, 0.1) is 30.1 Å². The third-order valence-corrected chi connectivity index (χ3v) is 4.75. The van der Waals surface area contributed by atoms with Crippen molar-refractivity contribution >= 4 is 69.6 Å². The van der Waals surface area contributed by atoms with Crippen molar-refractivity contribution in [2.45, 2.75) is 0 Å². The minimum atomic E-state index is 0.417. The van der Waals surface area contributed by atoms with E-state index >= 15 is 0 Å². The van der Waals surface area contributed by atoms with E-state index in [-0.39, 0.29) is 0 Å². The van der Waals surface area contributed by atoms with Crippen molar-refractivity contribution in [2.24, 2.45) is 0 Å². The fourth-order valence-electron chi connectivity index (χ4n) is 1.21. The summed E-state index contributed by atoms with van der Waals surface area (Å²) in [6, 6.07) is 12.0. The van der Waals surface area contributed by atoms with E-state index in [1.165, 1.54) is 6.33 Å².